The van der Waals surface area contributed by atoms with E-state index < -0.39 is 0 Å². The second-order valence-electron chi connectivity index (χ2n) is 6.60. The molecule has 0 radical (unpaired) electrons. The summed E-state index contributed by atoms with van der Waals surface area (Å²) in [5, 5.41) is 5.85. The molecule has 2 aromatic rings. The van der Waals surface area contributed by atoms with Crippen molar-refractivity contribution in [2.75, 3.05) is 29.9 Å². The molecular weight excluding hydrogens is 458 g/mol. The predicted molar refractivity (Wildman–Crippen MR) is 125 cm³/mol. The third kappa shape index (κ3) is 7.02. The van der Waals surface area contributed by atoms with Crippen LogP contribution in [0.1, 0.15) is 15.9 Å². The zero-order valence-electron chi connectivity index (χ0n) is 16.4. The molecule has 0 saturated carbocycles. The predicted octanol–water partition coefficient (Wildman–Crippen LogP) is 3.64. The van der Waals surface area contributed by atoms with Crippen LogP contribution >= 0.6 is 35.1 Å². The molecule has 10 heteroatoms. The molecule has 7 nitrogen and oxygen atoms in total. The second-order valence-corrected chi connectivity index (χ2v) is 8.95. The van der Waals surface area contributed by atoms with Crippen molar-refractivity contribution in [1.82, 2.24) is 10.2 Å². The fourth-order valence-corrected chi connectivity index (χ4v) is 4.39. The molecule has 1 heterocycles. The standard InChI is InChI=1S/C21H20ClN3O4S2/c22-16-5-7-17(8-6-16)24-18(26)12-30-11-14-1-3-15(4-2-14)20(28)23-9-10-25-19(27)13-31-21(25)29/h1-8H,9-13H2,(H,23,28)(H,24,26). The number of hydrogen-bond acceptors (Lipinski definition) is 6. The topological polar surface area (TPSA) is 95.6 Å². The first-order chi connectivity index (χ1) is 14.9. The van der Waals surface area contributed by atoms with Gasteiger partial charge in [0.05, 0.1) is 11.5 Å². The highest BCUT2D eigenvalue weighted by atomic mass is 35.5. The highest BCUT2D eigenvalue weighted by molar-refractivity contribution is 8.14. The van der Waals surface area contributed by atoms with Crippen LogP contribution in [-0.2, 0) is 15.3 Å². The molecule has 0 bridgehead atoms. The maximum Gasteiger partial charge on any atom is 0.288 e. The molecule has 2 N–H and O–H groups in total. The van der Waals surface area contributed by atoms with Crippen LogP contribution in [0.5, 0.6) is 0 Å². The molecule has 1 aliphatic rings. The molecule has 1 aliphatic heterocycles. The second kappa shape index (κ2) is 11.2. The summed E-state index contributed by atoms with van der Waals surface area (Å²) in [5.74, 6) is 0.497. The molecule has 1 saturated heterocycles. The Hall–Kier alpha value is -2.49. The highest BCUT2D eigenvalue weighted by Crippen LogP contribution is 2.18. The van der Waals surface area contributed by atoms with Gasteiger partial charge < -0.3 is 10.6 Å². The fourth-order valence-electron chi connectivity index (χ4n) is 2.72. The number of nitrogens with one attached hydrogen (secondary N) is 2. The Labute approximate surface area is 193 Å². The average molecular weight is 478 g/mol. The number of carbonyl (C=O) groups is 4. The van der Waals surface area contributed by atoms with Crippen LogP contribution in [0.15, 0.2) is 48.5 Å². The Morgan fingerprint density at radius 1 is 1.06 bits per heavy atom. The zero-order chi connectivity index (χ0) is 22.2. The maximum atomic E-state index is 12.2. The molecule has 162 valence electrons. The first-order valence-electron chi connectivity index (χ1n) is 9.40. The van der Waals surface area contributed by atoms with E-state index in [1.54, 1.807) is 36.4 Å². The molecular formula is C21H20ClN3O4S2. The number of benzene rings is 2. The normalized spacial score (nSPS) is 13.4. The lowest BCUT2D eigenvalue weighted by atomic mass is 10.1. The van der Waals surface area contributed by atoms with E-state index in [1.165, 1.54) is 11.8 Å². The average Bonchev–Trinajstić information content (AvgIpc) is 3.08. The van der Waals surface area contributed by atoms with Crippen molar-refractivity contribution >= 4 is 63.8 Å². The van der Waals surface area contributed by atoms with E-state index in [0.717, 1.165) is 22.2 Å². The van der Waals surface area contributed by atoms with E-state index in [2.05, 4.69) is 10.6 Å². The van der Waals surface area contributed by atoms with E-state index in [1.807, 2.05) is 12.1 Å². The van der Waals surface area contributed by atoms with Gasteiger partial charge in [-0.15, -0.1) is 11.8 Å². The van der Waals surface area contributed by atoms with Crippen molar-refractivity contribution in [3.8, 4) is 0 Å². The molecule has 0 aromatic heterocycles. The first kappa shape index (κ1) is 23.2. The van der Waals surface area contributed by atoms with E-state index in [9.17, 15) is 19.2 Å². The number of imide groups is 1. The lowest BCUT2D eigenvalue weighted by Crippen LogP contribution is -2.37. The van der Waals surface area contributed by atoms with Crippen molar-refractivity contribution < 1.29 is 19.2 Å². The Balaban J connectivity index is 1.37. The molecule has 0 spiro atoms. The Kier molecular flexibility index (Phi) is 8.39. The van der Waals surface area contributed by atoms with Gasteiger partial charge in [0.1, 0.15) is 0 Å². The number of thioether (sulfide) groups is 2. The largest absolute Gasteiger partial charge is 0.350 e. The van der Waals surface area contributed by atoms with Crippen molar-refractivity contribution in [3.05, 3.63) is 64.7 Å². The van der Waals surface area contributed by atoms with Gasteiger partial charge in [-0.25, -0.2) is 0 Å². The fraction of sp³-hybridized carbons (Fsp3) is 0.238. The third-order valence-electron chi connectivity index (χ3n) is 4.31. The van der Waals surface area contributed by atoms with Gasteiger partial charge in [-0.3, -0.25) is 24.1 Å². The Bertz CT molecular complexity index is 952. The summed E-state index contributed by atoms with van der Waals surface area (Å²) in [6, 6.07) is 14.0. The van der Waals surface area contributed by atoms with Gasteiger partial charge in [0.2, 0.25) is 11.8 Å². The number of hydrogen-bond donors (Lipinski definition) is 2. The molecule has 2 aromatic carbocycles. The minimum atomic E-state index is -0.275. The Morgan fingerprint density at radius 2 is 1.77 bits per heavy atom. The highest BCUT2D eigenvalue weighted by Gasteiger charge is 2.29. The smallest absolute Gasteiger partial charge is 0.288 e. The van der Waals surface area contributed by atoms with Crippen molar-refractivity contribution in [2.24, 2.45) is 0 Å². The maximum absolute atomic E-state index is 12.2. The minimum Gasteiger partial charge on any atom is -0.350 e. The molecule has 31 heavy (non-hydrogen) atoms. The van der Waals surface area contributed by atoms with Gasteiger partial charge in [-0.1, -0.05) is 35.5 Å². The Morgan fingerprint density at radius 3 is 2.42 bits per heavy atom. The van der Waals surface area contributed by atoms with E-state index in [4.69, 9.17) is 11.6 Å². The molecule has 0 unspecified atom stereocenters. The minimum absolute atomic E-state index is 0.100. The van der Waals surface area contributed by atoms with Crippen molar-refractivity contribution in [2.45, 2.75) is 5.75 Å². The molecule has 4 amide bonds. The summed E-state index contributed by atoms with van der Waals surface area (Å²) >= 11 is 8.27. The third-order valence-corrected chi connectivity index (χ3v) is 6.42. The van der Waals surface area contributed by atoms with Crippen LogP contribution in [0.25, 0.3) is 0 Å². The number of anilines is 1. The lowest BCUT2D eigenvalue weighted by molar-refractivity contribution is -0.124. The van der Waals surface area contributed by atoms with Crippen LogP contribution < -0.4 is 10.6 Å². The number of carbonyl (C=O) groups excluding carboxylic acids is 4. The summed E-state index contributed by atoms with van der Waals surface area (Å²) in [4.78, 5) is 48.4. The quantitative estimate of drug-likeness (QED) is 0.572. The SMILES string of the molecule is O=C(CSCc1ccc(C(=O)NCCN2C(=O)CSC2=O)cc1)Nc1ccc(Cl)cc1. The number of nitrogens with zero attached hydrogens (tertiary/aromatic N) is 1. The van der Waals surface area contributed by atoms with Crippen LogP contribution in [0.3, 0.4) is 0 Å². The van der Waals surface area contributed by atoms with E-state index in [-0.39, 0.29) is 41.8 Å². The molecule has 0 aliphatic carbocycles. The number of amides is 4. The van der Waals surface area contributed by atoms with Gasteiger partial charge in [-0.2, -0.15) is 0 Å². The van der Waals surface area contributed by atoms with Crippen LogP contribution in [0.4, 0.5) is 10.5 Å². The molecule has 3 rings (SSSR count). The van der Waals surface area contributed by atoms with Gasteiger partial charge in [0.15, 0.2) is 0 Å². The van der Waals surface area contributed by atoms with Crippen molar-refractivity contribution in [3.63, 3.8) is 0 Å². The van der Waals surface area contributed by atoms with Crippen LogP contribution in [0, 0.1) is 0 Å². The summed E-state index contributed by atoms with van der Waals surface area (Å²) in [5.41, 5.74) is 2.18. The number of halogens is 1. The molecule has 1 fully saturated rings. The zero-order valence-corrected chi connectivity index (χ0v) is 18.8. The van der Waals surface area contributed by atoms with E-state index in [0.29, 0.717) is 27.8 Å². The van der Waals surface area contributed by atoms with Crippen LogP contribution in [0.2, 0.25) is 5.02 Å². The van der Waals surface area contributed by atoms with Gasteiger partial charge in [-0.05, 0) is 42.0 Å². The number of rotatable bonds is 9. The summed E-state index contributed by atoms with van der Waals surface area (Å²) in [7, 11) is 0. The molecule has 0 atom stereocenters. The van der Waals surface area contributed by atoms with Crippen molar-refractivity contribution in [1.29, 1.82) is 0 Å². The van der Waals surface area contributed by atoms with Gasteiger partial charge in [0, 0.05) is 35.1 Å². The first-order valence-corrected chi connectivity index (χ1v) is 11.9. The van der Waals surface area contributed by atoms with Gasteiger partial charge >= 0.3 is 0 Å². The van der Waals surface area contributed by atoms with Gasteiger partial charge in [0.25, 0.3) is 11.1 Å². The van der Waals surface area contributed by atoms with Crippen LogP contribution in [-0.4, -0.2) is 52.5 Å². The summed E-state index contributed by atoms with van der Waals surface area (Å²) in [6.45, 7) is 0.375. The monoisotopic (exact) mass is 477 g/mol. The lowest BCUT2D eigenvalue weighted by Gasteiger charge is -2.13. The van der Waals surface area contributed by atoms with E-state index >= 15 is 0 Å². The summed E-state index contributed by atoms with van der Waals surface area (Å²) < 4.78 is 0. The summed E-state index contributed by atoms with van der Waals surface area (Å²) in [6.07, 6.45) is 0.